The van der Waals surface area contributed by atoms with Crippen LogP contribution in [0.3, 0.4) is 0 Å². The molecule has 24 heavy (non-hydrogen) atoms. The lowest BCUT2D eigenvalue weighted by Gasteiger charge is -2.17. The van der Waals surface area contributed by atoms with Crippen LogP contribution in [0.2, 0.25) is 0 Å². The summed E-state index contributed by atoms with van der Waals surface area (Å²) in [5, 5.41) is 2.95. The van der Waals surface area contributed by atoms with Crippen LogP contribution in [-0.2, 0) is 11.2 Å². The molecule has 0 saturated carbocycles. The molecule has 1 amide bonds. The van der Waals surface area contributed by atoms with Gasteiger partial charge in [-0.05, 0) is 63.3 Å². The number of nitrogens with one attached hydrogen (secondary N) is 1. The second kappa shape index (κ2) is 8.53. The van der Waals surface area contributed by atoms with E-state index in [0.717, 1.165) is 24.2 Å². The summed E-state index contributed by atoms with van der Waals surface area (Å²) in [5.41, 5.74) is 4.81. The molecule has 2 aromatic carbocycles. The number of amides is 1. The number of rotatable bonds is 7. The quantitative estimate of drug-likeness (QED) is 0.777. The van der Waals surface area contributed by atoms with Crippen molar-refractivity contribution in [2.24, 2.45) is 0 Å². The summed E-state index contributed by atoms with van der Waals surface area (Å²) in [6.45, 7) is 8.58. The zero-order valence-electron chi connectivity index (χ0n) is 15.1. The highest BCUT2D eigenvalue weighted by molar-refractivity contribution is 5.80. The van der Waals surface area contributed by atoms with E-state index in [0.29, 0.717) is 6.54 Å². The fraction of sp³-hybridized carbons (Fsp3) is 0.381. The Morgan fingerprint density at radius 3 is 2.50 bits per heavy atom. The van der Waals surface area contributed by atoms with E-state index >= 15 is 0 Å². The van der Waals surface area contributed by atoms with Crippen molar-refractivity contribution in [3.8, 4) is 5.75 Å². The lowest BCUT2D eigenvalue weighted by atomic mass is 10.1. The molecule has 0 heterocycles. The molecule has 128 valence electrons. The minimum absolute atomic E-state index is 0.0696. The molecule has 0 aliphatic rings. The van der Waals surface area contributed by atoms with Crippen LogP contribution in [0.4, 0.5) is 0 Å². The van der Waals surface area contributed by atoms with E-state index in [9.17, 15) is 4.79 Å². The number of ether oxygens (including phenoxy) is 1. The zero-order chi connectivity index (χ0) is 17.5. The molecule has 3 nitrogen and oxygen atoms in total. The van der Waals surface area contributed by atoms with E-state index in [1.165, 1.54) is 16.7 Å². The van der Waals surface area contributed by atoms with Crippen LogP contribution in [0.1, 0.15) is 35.6 Å². The summed E-state index contributed by atoms with van der Waals surface area (Å²) in [7, 11) is 0. The Balaban J connectivity index is 1.75. The maximum Gasteiger partial charge on any atom is 0.260 e. The first kappa shape index (κ1) is 18.1. The van der Waals surface area contributed by atoms with Crippen molar-refractivity contribution in [1.29, 1.82) is 0 Å². The number of hydrogen-bond acceptors (Lipinski definition) is 2. The highest BCUT2D eigenvalue weighted by Gasteiger charge is 2.15. The van der Waals surface area contributed by atoms with Crippen molar-refractivity contribution in [3.63, 3.8) is 0 Å². The summed E-state index contributed by atoms with van der Waals surface area (Å²) >= 11 is 0. The average Bonchev–Trinajstić information content (AvgIpc) is 2.57. The molecule has 0 radical (unpaired) electrons. The molecule has 3 heteroatoms. The van der Waals surface area contributed by atoms with Gasteiger partial charge in [0.25, 0.3) is 5.91 Å². The molecule has 0 bridgehead atoms. The third kappa shape index (κ3) is 5.12. The van der Waals surface area contributed by atoms with E-state index in [1.807, 2.05) is 32.0 Å². The van der Waals surface area contributed by atoms with E-state index in [4.69, 9.17) is 4.74 Å². The number of hydrogen-bond donors (Lipinski definition) is 1. The Morgan fingerprint density at radius 2 is 1.79 bits per heavy atom. The van der Waals surface area contributed by atoms with Gasteiger partial charge in [-0.15, -0.1) is 0 Å². The van der Waals surface area contributed by atoms with Crippen molar-refractivity contribution in [2.75, 3.05) is 6.54 Å². The van der Waals surface area contributed by atoms with Crippen LogP contribution in [-0.4, -0.2) is 18.6 Å². The number of carbonyl (C=O) groups is 1. The molecule has 2 rings (SSSR count). The van der Waals surface area contributed by atoms with Gasteiger partial charge in [0.15, 0.2) is 6.10 Å². The van der Waals surface area contributed by atoms with E-state index in [-0.39, 0.29) is 5.91 Å². The van der Waals surface area contributed by atoms with Gasteiger partial charge in [0, 0.05) is 6.54 Å². The molecule has 0 aliphatic carbocycles. The smallest absolute Gasteiger partial charge is 0.260 e. The number of benzene rings is 2. The molecule has 0 unspecified atom stereocenters. The maximum absolute atomic E-state index is 12.2. The predicted molar refractivity (Wildman–Crippen MR) is 98.5 cm³/mol. The second-order valence-corrected chi connectivity index (χ2v) is 6.34. The topological polar surface area (TPSA) is 38.3 Å². The van der Waals surface area contributed by atoms with E-state index < -0.39 is 6.10 Å². The number of carbonyl (C=O) groups excluding carboxylic acids is 1. The maximum atomic E-state index is 12.2. The molecule has 1 N–H and O–H groups in total. The fourth-order valence-electron chi connectivity index (χ4n) is 2.50. The molecule has 1 atom stereocenters. The van der Waals surface area contributed by atoms with Gasteiger partial charge in [0.05, 0.1) is 0 Å². The zero-order valence-corrected chi connectivity index (χ0v) is 15.1. The Labute approximate surface area is 145 Å². The van der Waals surface area contributed by atoms with Gasteiger partial charge in [0.1, 0.15) is 5.75 Å². The van der Waals surface area contributed by atoms with Gasteiger partial charge in [-0.3, -0.25) is 4.79 Å². The molecule has 0 spiro atoms. The summed E-state index contributed by atoms with van der Waals surface area (Å²) in [6, 6.07) is 14.4. The minimum Gasteiger partial charge on any atom is -0.481 e. The van der Waals surface area contributed by atoms with Crippen LogP contribution < -0.4 is 10.1 Å². The predicted octanol–water partition coefficient (Wildman–Crippen LogP) is 4.13. The van der Waals surface area contributed by atoms with Crippen LogP contribution in [0.15, 0.2) is 42.5 Å². The van der Waals surface area contributed by atoms with Gasteiger partial charge in [-0.1, -0.05) is 42.0 Å². The van der Waals surface area contributed by atoms with Crippen molar-refractivity contribution < 1.29 is 9.53 Å². The Kier molecular flexibility index (Phi) is 6.42. The minimum atomic E-state index is -0.495. The van der Waals surface area contributed by atoms with Crippen LogP contribution in [0.25, 0.3) is 0 Å². The van der Waals surface area contributed by atoms with Crippen molar-refractivity contribution in [3.05, 3.63) is 64.7 Å². The largest absolute Gasteiger partial charge is 0.481 e. The second-order valence-electron chi connectivity index (χ2n) is 6.34. The molecule has 2 aromatic rings. The van der Waals surface area contributed by atoms with Crippen molar-refractivity contribution in [1.82, 2.24) is 5.32 Å². The summed E-state index contributed by atoms with van der Waals surface area (Å²) in [4.78, 5) is 12.2. The van der Waals surface area contributed by atoms with E-state index in [2.05, 4.69) is 36.5 Å². The fourth-order valence-corrected chi connectivity index (χ4v) is 2.50. The Morgan fingerprint density at radius 1 is 1.08 bits per heavy atom. The van der Waals surface area contributed by atoms with E-state index in [1.54, 1.807) is 6.92 Å². The van der Waals surface area contributed by atoms with Crippen LogP contribution >= 0.6 is 0 Å². The summed E-state index contributed by atoms with van der Waals surface area (Å²) in [6.07, 6.45) is 1.39. The molecular formula is C21H27NO2. The highest BCUT2D eigenvalue weighted by Crippen LogP contribution is 2.21. The molecule has 0 aromatic heterocycles. The summed E-state index contributed by atoms with van der Waals surface area (Å²) < 4.78 is 5.80. The van der Waals surface area contributed by atoms with Gasteiger partial charge in [0.2, 0.25) is 0 Å². The van der Waals surface area contributed by atoms with Gasteiger partial charge in [-0.25, -0.2) is 0 Å². The highest BCUT2D eigenvalue weighted by atomic mass is 16.5. The van der Waals surface area contributed by atoms with Gasteiger partial charge < -0.3 is 10.1 Å². The summed E-state index contributed by atoms with van der Waals surface area (Å²) in [5.74, 6) is 0.706. The molecular weight excluding hydrogens is 298 g/mol. The molecule has 0 fully saturated rings. The SMILES string of the molecule is Cc1ccc(CCCNC(=O)[C@H](C)Oc2cccc(C)c2C)cc1. The first-order chi connectivity index (χ1) is 11.5. The Bertz CT molecular complexity index is 677. The Hall–Kier alpha value is -2.29. The third-order valence-electron chi connectivity index (χ3n) is 4.29. The molecule has 0 saturated heterocycles. The van der Waals surface area contributed by atoms with Crippen molar-refractivity contribution in [2.45, 2.75) is 46.6 Å². The lowest BCUT2D eigenvalue weighted by molar-refractivity contribution is -0.127. The monoisotopic (exact) mass is 325 g/mol. The lowest BCUT2D eigenvalue weighted by Crippen LogP contribution is -2.37. The molecule has 0 aliphatic heterocycles. The first-order valence-electron chi connectivity index (χ1n) is 8.53. The van der Waals surface area contributed by atoms with Crippen molar-refractivity contribution >= 4 is 5.91 Å². The van der Waals surface area contributed by atoms with Gasteiger partial charge >= 0.3 is 0 Å². The average molecular weight is 325 g/mol. The normalized spacial score (nSPS) is 11.8. The number of aryl methyl sites for hydroxylation is 3. The van der Waals surface area contributed by atoms with Crippen LogP contribution in [0, 0.1) is 20.8 Å². The van der Waals surface area contributed by atoms with Gasteiger partial charge in [-0.2, -0.15) is 0 Å². The first-order valence-corrected chi connectivity index (χ1v) is 8.53. The standard InChI is InChI=1S/C21H27NO2/c1-15-10-12-19(13-11-15)8-6-14-22-21(23)18(4)24-20-9-5-7-16(2)17(20)3/h5,7,9-13,18H,6,8,14H2,1-4H3,(H,22,23)/t18-/m0/s1. The third-order valence-corrected chi connectivity index (χ3v) is 4.29. The van der Waals surface area contributed by atoms with Crippen LogP contribution in [0.5, 0.6) is 5.75 Å².